The van der Waals surface area contributed by atoms with Gasteiger partial charge in [-0.05, 0) is 31.5 Å². The number of hydrogen-bond acceptors (Lipinski definition) is 4. The molecule has 6 heteroatoms. The maximum absolute atomic E-state index is 11.8. The van der Waals surface area contributed by atoms with Crippen molar-refractivity contribution in [1.82, 2.24) is 4.90 Å². The summed E-state index contributed by atoms with van der Waals surface area (Å²) in [6.07, 6.45) is 2.04. The third-order valence-corrected chi connectivity index (χ3v) is 3.28. The molecule has 0 aromatic heterocycles. The summed E-state index contributed by atoms with van der Waals surface area (Å²) in [6.45, 7) is 1.21. The molecule has 0 spiro atoms. The average Bonchev–Trinajstić information content (AvgIpc) is 2.31. The van der Waals surface area contributed by atoms with Gasteiger partial charge in [-0.15, -0.1) is 0 Å². The fourth-order valence-electron chi connectivity index (χ4n) is 1.40. The van der Waals surface area contributed by atoms with Crippen molar-refractivity contribution in [3.8, 4) is 0 Å². The lowest BCUT2D eigenvalue weighted by atomic mass is 10.3. The number of anilines is 2. The van der Waals surface area contributed by atoms with Gasteiger partial charge in [0.25, 0.3) is 0 Å². The third kappa shape index (κ3) is 5.16. The summed E-state index contributed by atoms with van der Waals surface area (Å²) in [5, 5.41) is 3.25. The van der Waals surface area contributed by atoms with Gasteiger partial charge in [0.15, 0.2) is 0 Å². The Morgan fingerprint density at radius 3 is 2.94 bits per heavy atom. The summed E-state index contributed by atoms with van der Waals surface area (Å²) >= 11 is 7.73. The monoisotopic (exact) mass is 287 g/mol. The van der Waals surface area contributed by atoms with Crippen LogP contribution in [0.3, 0.4) is 0 Å². The highest BCUT2D eigenvalue weighted by Gasteiger charge is 2.08. The van der Waals surface area contributed by atoms with Gasteiger partial charge in [-0.3, -0.25) is 9.69 Å². The molecule has 1 aromatic rings. The Bertz CT molecular complexity index is 414. The van der Waals surface area contributed by atoms with Crippen LogP contribution in [0.4, 0.5) is 11.4 Å². The maximum atomic E-state index is 11.8. The Morgan fingerprint density at radius 1 is 1.56 bits per heavy atom. The molecule has 0 aliphatic rings. The van der Waals surface area contributed by atoms with Crippen LogP contribution in [-0.4, -0.2) is 43.0 Å². The van der Waals surface area contributed by atoms with Crippen molar-refractivity contribution in [2.75, 3.05) is 43.2 Å². The summed E-state index contributed by atoms with van der Waals surface area (Å²) in [5.74, 6) is 0.911. The fourth-order valence-corrected chi connectivity index (χ4v) is 2.06. The molecular formula is C12H18ClN3OS. The van der Waals surface area contributed by atoms with E-state index in [2.05, 4.69) is 5.32 Å². The topological polar surface area (TPSA) is 58.4 Å². The molecule has 1 rings (SSSR count). The third-order valence-electron chi connectivity index (χ3n) is 2.36. The zero-order chi connectivity index (χ0) is 13.5. The fraction of sp³-hybridized carbons (Fsp3) is 0.417. The van der Waals surface area contributed by atoms with E-state index in [0.717, 1.165) is 12.3 Å². The Hall–Kier alpha value is -0.910. The highest BCUT2D eigenvalue weighted by atomic mass is 35.5. The van der Waals surface area contributed by atoms with Crippen molar-refractivity contribution in [2.24, 2.45) is 0 Å². The molecule has 0 aliphatic carbocycles. The van der Waals surface area contributed by atoms with Crippen LogP contribution in [0.2, 0.25) is 5.02 Å². The summed E-state index contributed by atoms with van der Waals surface area (Å²) in [6, 6.07) is 5.02. The number of carbonyl (C=O) groups excluding carboxylic acids is 1. The van der Waals surface area contributed by atoms with Crippen LogP contribution in [0.25, 0.3) is 0 Å². The van der Waals surface area contributed by atoms with Crippen LogP contribution in [-0.2, 0) is 4.79 Å². The number of nitrogens with two attached hydrogens (primary N) is 1. The molecule has 1 amide bonds. The molecule has 0 bridgehead atoms. The van der Waals surface area contributed by atoms with Gasteiger partial charge in [0.1, 0.15) is 0 Å². The molecule has 4 nitrogen and oxygen atoms in total. The summed E-state index contributed by atoms with van der Waals surface area (Å²) in [5.41, 5.74) is 6.78. The second-order valence-electron chi connectivity index (χ2n) is 4.02. The van der Waals surface area contributed by atoms with Crippen LogP contribution in [0.5, 0.6) is 0 Å². The highest BCUT2D eigenvalue weighted by Crippen LogP contribution is 2.23. The predicted octanol–water partition coefficient (Wildman–Crippen LogP) is 2.16. The number of carbonyl (C=O) groups is 1. The first-order chi connectivity index (χ1) is 8.52. The standard InChI is InChI=1S/C12H18ClN3OS/c1-16(5-6-18-2)8-12(17)15-11-7-9(14)3-4-10(11)13/h3-4,7H,5-6,8,14H2,1-2H3,(H,15,17). The summed E-state index contributed by atoms with van der Waals surface area (Å²) < 4.78 is 0. The van der Waals surface area contributed by atoms with Crippen LogP contribution in [0.15, 0.2) is 18.2 Å². The Kier molecular flexibility index (Phi) is 6.32. The highest BCUT2D eigenvalue weighted by molar-refractivity contribution is 7.98. The second kappa shape index (κ2) is 7.51. The van der Waals surface area contributed by atoms with Gasteiger partial charge in [-0.25, -0.2) is 0 Å². The average molecular weight is 288 g/mol. The van der Waals surface area contributed by atoms with Crippen molar-refractivity contribution < 1.29 is 4.79 Å². The van der Waals surface area contributed by atoms with Crippen molar-refractivity contribution >= 4 is 40.6 Å². The molecule has 18 heavy (non-hydrogen) atoms. The molecule has 0 unspecified atom stereocenters. The van der Waals surface area contributed by atoms with Crippen molar-refractivity contribution in [3.05, 3.63) is 23.2 Å². The van der Waals surface area contributed by atoms with E-state index in [-0.39, 0.29) is 5.91 Å². The van der Waals surface area contributed by atoms with E-state index < -0.39 is 0 Å². The Balaban J connectivity index is 2.51. The first kappa shape index (κ1) is 15.1. The molecular weight excluding hydrogens is 270 g/mol. The van der Waals surface area contributed by atoms with Gasteiger partial charge < -0.3 is 11.1 Å². The lowest BCUT2D eigenvalue weighted by Gasteiger charge is -2.16. The van der Waals surface area contributed by atoms with Gasteiger partial charge in [0, 0.05) is 18.0 Å². The first-order valence-corrected chi connectivity index (χ1v) is 7.32. The zero-order valence-electron chi connectivity index (χ0n) is 10.6. The Labute approximate surface area is 117 Å². The van der Waals surface area contributed by atoms with E-state index in [1.165, 1.54) is 0 Å². The number of hydrogen-bond donors (Lipinski definition) is 2. The number of nitrogens with zero attached hydrogens (tertiary/aromatic N) is 1. The van der Waals surface area contributed by atoms with Crippen molar-refractivity contribution in [3.63, 3.8) is 0 Å². The molecule has 0 saturated heterocycles. The maximum Gasteiger partial charge on any atom is 0.238 e. The lowest BCUT2D eigenvalue weighted by Crippen LogP contribution is -2.31. The quantitative estimate of drug-likeness (QED) is 0.787. The molecule has 3 N–H and O–H groups in total. The van der Waals surface area contributed by atoms with Gasteiger partial charge in [0.05, 0.1) is 17.3 Å². The van der Waals surface area contributed by atoms with E-state index in [4.69, 9.17) is 17.3 Å². The number of rotatable bonds is 6. The minimum atomic E-state index is -0.0916. The van der Waals surface area contributed by atoms with Crippen LogP contribution >= 0.6 is 23.4 Å². The number of nitrogens with one attached hydrogen (secondary N) is 1. The normalized spacial score (nSPS) is 10.7. The van der Waals surface area contributed by atoms with E-state index in [1.54, 1.807) is 30.0 Å². The number of thioether (sulfide) groups is 1. The molecule has 0 atom stereocenters. The molecule has 100 valence electrons. The van der Waals surface area contributed by atoms with Crippen molar-refractivity contribution in [1.29, 1.82) is 0 Å². The number of amides is 1. The molecule has 0 radical (unpaired) electrons. The van der Waals surface area contributed by atoms with E-state index in [1.807, 2.05) is 18.2 Å². The van der Waals surface area contributed by atoms with E-state index in [9.17, 15) is 4.79 Å². The SMILES string of the molecule is CSCCN(C)CC(=O)Nc1cc(N)ccc1Cl. The molecule has 0 fully saturated rings. The number of halogens is 1. The molecule has 0 saturated carbocycles. The van der Waals surface area contributed by atoms with Gasteiger partial charge in [-0.2, -0.15) is 11.8 Å². The largest absolute Gasteiger partial charge is 0.399 e. The smallest absolute Gasteiger partial charge is 0.238 e. The van der Waals surface area contributed by atoms with Crippen LogP contribution in [0, 0.1) is 0 Å². The summed E-state index contributed by atoms with van der Waals surface area (Å²) in [4.78, 5) is 13.8. The molecule has 0 heterocycles. The summed E-state index contributed by atoms with van der Waals surface area (Å²) in [7, 11) is 1.91. The number of likely N-dealkylation sites (N-methyl/N-ethyl adjacent to an activating group) is 1. The second-order valence-corrected chi connectivity index (χ2v) is 5.41. The minimum absolute atomic E-state index is 0.0916. The Morgan fingerprint density at radius 2 is 2.28 bits per heavy atom. The van der Waals surface area contributed by atoms with Crippen molar-refractivity contribution in [2.45, 2.75) is 0 Å². The minimum Gasteiger partial charge on any atom is -0.399 e. The lowest BCUT2D eigenvalue weighted by molar-refractivity contribution is -0.117. The van der Waals surface area contributed by atoms with Crippen LogP contribution in [0.1, 0.15) is 0 Å². The van der Waals surface area contributed by atoms with E-state index >= 15 is 0 Å². The van der Waals surface area contributed by atoms with Gasteiger partial charge in [0.2, 0.25) is 5.91 Å². The molecule has 1 aromatic carbocycles. The van der Waals surface area contributed by atoms with Gasteiger partial charge in [-0.1, -0.05) is 11.6 Å². The van der Waals surface area contributed by atoms with Gasteiger partial charge >= 0.3 is 0 Å². The predicted molar refractivity (Wildman–Crippen MR) is 80.4 cm³/mol. The zero-order valence-corrected chi connectivity index (χ0v) is 12.1. The van der Waals surface area contributed by atoms with Crippen LogP contribution < -0.4 is 11.1 Å². The van der Waals surface area contributed by atoms with E-state index in [0.29, 0.717) is 22.9 Å². The molecule has 0 aliphatic heterocycles. The number of nitrogen functional groups attached to an aromatic ring is 1. The number of benzene rings is 1. The first-order valence-electron chi connectivity index (χ1n) is 5.55.